The lowest BCUT2D eigenvalue weighted by Gasteiger charge is -2.18. The summed E-state index contributed by atoms with van der Waals surface area (Å²) in [5.41, 5.74) is -0.241. The predicted molar refractivity (Wildman–Crippen MR) is 61.3 cm³/mol. The first-order valence-electron chi connectivity index (χ1n) is 5.23. The summed E-state index contributed by atoms with van der Waals surface area (Å²) in [6, 6.07) is 0.802. The highest BCUT2D eigenvalue weighted by molar-refractivity contribution is 5.97. The Labute approximate surface area is 107 Å². The first-order valence-corrected chi connectivity index (χ1v) is 5.23. The fraction of sp³-hybridized carbons (Fsp3) is 0.364. The van der Waals surface area contributed by atoms with E-state index in [1.807, 2.05) is 5.48 Å². The zero-order valence-electron chi connectivity index (χ0n) is 10.5. The molecule has 0 aliphatic heterocycles. The maximum atomic E-state index is 13.0. The van der Waals surface area contributed by atoms with Gasteiger partial charge in [0.25, 0.3) is 11.6 Å². The second-order valence-corrected chi connectivity index (χ2v) is 4.69. The molecule has 0 saturated carbocycles. The van der Waals surface area contributed by atoms with Crippen LogP contribution in [0.5, 0.6) is 0 Å². The van der Waals surface area contributed by atoms with Gasteiger partial charge in [0.1, 0.15) is 5.56 Å². The van der Waals surface area contributed by atoms with Crippen molar-refractivity contribution in [2.75, 3.05) is 0 Å². The Morgan fingerprint density at radius 1 is 1.32 bits per heavy atom. The third kappa shape index (κ3) is 3.95. The molecule has 1 rings (SSSR count). The van der Waals surface area contributed by atoms with Crippen molar-refractivity contribution in [1.29, 1.82) is 0 Å². The molecule has 6 nitrogen and oxygen atoms in total. The van der Waals surface area contributed by atoms with Crippen molar-refractivity contribution >= 4 is 11.6 Å². The van der Waals surface area contributed by atoms with Gasteiger partial charge in [0.2, 0.25) is 0 Å². The minimum absolute atomic E-state index is 0.349. The molecule has 0 aliphatic rings. The second-order valence-electron chi connectivity index (χ2n) is 4.69. The van der Waals surface area contributed by atoms with Gasteiger partial charge in [-0.2, -0.15) is 0 Å². The van der Waals surface area contributed by atoms with Gasteiger partial charge in [0.15, 0.2) is 11.6 Å². The largest absolute Gasteiger partial charge is 0.285 e. The van der Waals surface area contributed by atoms with Gasteiger partial charge in [0.05, 0.1) is 16.6 Å². The fourth-order valence-electron chi connectivity index (χ4n) is 1.12. The molecular formula is C11H12F2N2O4. The van der Waals surface area contributed by atoms with E-state index in [0.29, 0.717) is 12.1 Å². The number of nitro benzene ring substituents is 1. The molecule has 0 bridgehead atoms. The molecular weight excluding hydrogens is 262 g/mol. The molecule has 0 aliphatic carbocycles. The molecule has 1 N–H and O–H groups in total. The van der Waals surface area contributed by atoms with E-state index in [4.69, 9.17) is 4.84 Å². The zero-order valence-corrected chi connectivity index (χ0v) is 10.5. The van der Waals surface area contributed by atoms with Crippen LogP contribution in [0.3, 0.4) is 0 Å². The first kappa shape index (κ1) is 15.0. The Morgan fingerprint density at radius 3 is 2.32 bits per heavy atom. The predicted octanol–water partition coefficient (Wildman–Crippen LogP) is 2.33. The number of rotatable bonds is 3. The number of carbonyl (C=O) groups is 1. The van der Waals surface area contributed by atoms with Crippen molar-refractivity contribution in [3.8, 4) is 0 Å². The van der Waals surface area contributed by atoms with Crippen molar-refractivity contribution in [1.82, 2.24) is 5.48 Å². The number of nitro groups is 1. The third-order valence-corrected chi connectivity index (χ3v) is 1.93. The molecule has 1 aromatic carbocycles. The maximum absolute atomic E-state index is 13.0. The van der Waals surface area contributed by atoms with Crippen molar-refractivity contribution in [2.24, 2.45) is 0 Å². The Morgan fingerprint density at radius 2 is 1.84 bits per heavy atom. The standard InChI is InChI=1S/C11H12F2N2O4/c1-11(2,3)19-14-10(16)6-4-7(12)8(13)5-9(6)15(17)18/h4-5H,1-3H3,(H,14,16). The highest BCUT2D eigenvalue weighted by Gasteiger charge is 2.25. The van der Waals surface area contributed by atoms with Crippen molar-refractivity contribution in [2.45, 2.75) is 26.4 Å². The van der Waals surface area contributed by atoms with Crippen LogP contribution in [0, 0.1) is 21.7 Å². The molecule has 0 atom stereocenters. The highest BCUT2D eigenvalue weighted by Crippen LogP contribution is 2.22. The summed E-state index contributed by atoms with van der Waals surface area (Å²) in [6.07, 6.45) is 0. The number of benzene rings is 1. The fourth-order valence-corrected chi connectivity index (χ4v) is 1.12. The number of hydrogen-bond donors (Lipinski definition) is 1. The molecule has 8 heteroatoms. The molecule has 0 spiro atoms. The highest BCUT2D eigenvalue weighted by atomic mass is 19.2. The second kappa shape index (κ2) is 5.27. The summed E-state index contributed by atoms with van der Waals surface area (Å²) in [7, 11) is 0. The van der Waals surface area contributed by atoms with E-state index in [1.54, 1.807) is 20.8 Å². The summed E-state index contributed by atoms with van der Waals surface area (Å²) in [5, 5.41) is 10.7. The quantitative estimate of drug-likeness (QED) is 0.677. The van der Waals surface area contributed by atoms with Gasteiger partial charge in [-0.15, -0.1) is 0 Å². The van der Waals surface area contributed by atoms with Gasteiger partial charge >= 0.3 is 0 Å². The molecule has 0 fully saturated rings. The number of nitrogens with zero attached hydrogens (tertiary/aromatic N) is 1. The van der Waals surface area contributed by atoms with Crippen LogP contribution in [0.25, 0.3) is 0 Å². The molecule has 1 amide bonds. The van der Waals surface area contributed by atoms with Gasteiger partial charge in [-0.1, -0.05) is 0 Å². The van der Waals surface area contributed by atoms with E-state index in [9.17, 15) is 23.7 Å². The Hall–Kier alpha value is -2.09. The lowest BCUT2D eigenvalue weighted by Crippen LogP contribution is -2.34. The SMILES string of the molecule is CC(C)(C)ONC(=O)c1cc(F)c(F)cc1[N+](=O)[O-]. The number of hydroxylamine groups is 1. The minimum atomic E-state index is -1.40. The van der Waals surface area contributed by atoms with Crippen LogP contribution in [0.2, 0.25) is 0 Å². The normalized spacial score (nSPS) is 11.2. The van der Waals surface area contributed by atoms with Gasteiger partial charge in [-0.3, -0.25) is 19.7 Å². The van der Waals surface area contributed by atoms with Crippen LogP contribution < -0.4 is 5.48 Å². The third-order valence-electron chi connectivity index (χ3n) is 1.93. The molecule has 19 heavy (non-hydrogen) atoms. The molecule has 0 unspecified atom stereocenters. The number of halogens is 2. The van der Waals surface area contributed by atoms with E-state index in [2.05, 4.69) is 0 Å². The maximum Gasteiger partial charge on any atom is 0.285 e. The summed E-state index contributed by atoms with van der Waals surface area (Å²) in [6.45, 7) is 4.90. The van der Waals surface area contributed by atoms with Crippen molar-refractivity contribution < 1.29 is 23.3 Å². The van der Waals surface area contributed by atoms with Gasteiger partial charge in [-0.25, -0.2) is 14.3 Å². The molecule has 0 heterocycles. The summed E-state index contributed by atoms with van der Waals surface area (Å²) in [5.74, 6) is -3.79. The Kier molecular flexibility index (Phi) is 4.15. The average Bonchev–Trinajstić information content (AvgIpc) is 2.27. The summed E-state index contributed by atoms with van der Waals surface area (Å²) >= 11 is 0. The Bertz CT molecular complexity index is 526. The van der Waals surface area contributed by atoms with Gasteiger partial charge in [-0.05, 0) is 26.8 Å². The summed E-state index contributed by atoms with van der Waals surface area (Å²) in [4.78, 5) is 26.3. The lowest BCUT2D eigenvalue weighted by molar-refractivity contribution is -0.385. The van der Waals surface area contributed by atoms with Crippen LogP contribution in [-0.4, -0.2) is 16.4 Å². The van der Waals surface area contributed by atoms with E-state index in [0.717, 1.165) is 0 Å². The average molecular weight is 274 g/mol. The van der Waals surface area contributed by atoms with E-state index in [-0.39, 0.29) is 0 Å². The van der Waals surface area contributed by atoms with E-state index >= 15 is 0 Å². The monoisotopic (exact) mass is 274 g/mol. The number of hydrogen-bond acceptors (Lipinski definition) is 4. The van der Waals surface area contributed by atoms with E-state index in [1.165, 1.54) is 0 Å². The van der Waals surface area contributed by atoms with Crippen LogP contribution in [0.15, 0.2) is 12.1 Å². The molecule has 0 saturated heterocycles. The van der Waals surface area contributed by atoms with Crippen LogP contribution in [0.4, 0.5) is 14.5 Å². The number of carbonyl (C=O) groups excluding carboxylic acids is 1. The topological polar surface area (TPSA) is 81.5 Å². The minimum Gasteiger partial charge on any atom is -0.268 e. The molecule has 0 aromatic heterocycles. The van der Waals surface area contributed by atoms with Crippen molar-refractivity contribution in [3.63, 3.8) is 0 Å². The van der Waals surface area contributed by atoms with Crippen LogP contribution in [-0.2, 0) is 4.84 Å². The number of amides is 1. The number of nitrogens with one attached hydrogen (secondary N) is 1. The van der Waals surface area contributed by atoms with E-state index < -0.39 is 39.3 Å². The molecule has 0 radical (unpaired) electrons. The van der Waals surface area contributed by atoms with Crippen molar-refractivity contribution in [3.05, 3.63) is 39.4 Å². The van der Waals surface area contributed by atoms with Crippen LogP contribution in [0.1, 0.15) is 31.1 Å². The van der Waals surface area contributed by atoms with Gasteiger partial charge < -0.3 is 0 Å². The first-order chi connectivity index (χ1) is 8.61. The van der Waals surface area contributed by atoms with Crippen LogP contribution >= 0.6 is 0 Å². The Balaban J connectivity index is 3.08. The molecule has 1 aromatic rings. The smallest absolute Gasteiger partial charge is 0.268 e. The van der Waals surface area contributed by atoms with Gasteiger partial charge in [0, 0.05) is 0 Å². The summed E-state index contributed by atoms with van der Waals surface area (Å²) < 4.78 is 26.0. The molecule has 104 valence electrons. The lowest BCUT2D eigenvalue weighted by atomic mass is 10.1. The zero-order chi connectivity index (χ0) is 14.8.